The molecule has 27 heavy (non-hydrogen) atoms. The number of hydrogen-bond donors (Lipinski definition) is 3. The van der Waals surface area contributed by atoms with Gasteiger partial charge in [0.25, 0.3) is 0 Å². The lowest BCUT2D eigenvalue weighted by Crippen LogP contribution is -2.33. The fraction of sp³-hybridized carbons (Fsp3) is 0.667. The van der Waals surface area contributed by atoms with Crippen molar-refractivity contribution in [1.29, 1.82) is 0 Å². The van der Waals surface area contributed by atoms with Crippen LogP contribution in [0.25, 0.3) is 0 Å². The lowest BCUT2D eigenvalue weighted by Gasteiger charge is -2.29. The van der Waals surface area contributed by atoms with E-state index in [0.29, 0.717) is 19.8 Å². The summed E-state index contributed by atoms with van der Waals surface area (Å²) in [5.41, 5.74) is 0.975. The first kappa shape index (κ1) is 23.2. The summed E-state index contributed by atoms with van der Waals surface area (Å²) in [6.07, 6.45) is 3.63. The van der Waals surface area contributed by atoms with E-state index in [9.17, 15) is 5.11 Å². The molecule has 1 aromatic carbocycles. The van der Waals surface area contributed by atoms with Crippen molar-refractivity contribution in [2.24, 2.45) is 10.4 Å². The first-order chi connectivity index (χ1) is 13.1. The number of aliphatic imine (C=N–C) groups is 1. The minimum absolute atomic E-state index is 0.0450. The number of anilines is 1. The Balaban J connectivity index is 2.78. The third-order valence-corrected chi connectivity index (χ3v) is 4.92. The highest BCUT2D eigenvalue weighted by Crippen LogP contribution is 2.30. The van der Waals surface area contributed by atoms with Crippen molar-refractivity contribution in [2.45, 2.75) is 46.5 Å². The largest absolute Gasteiger partial charge is 0.493 e. The number of benzene rings is 1. The second-order valence-electron chi connectivity index (χ2n) is 6.72. The van der Waals surface area contributed by atoms with Gasteiger partial charge in [-0.05, 0) is 43.7 Å². The van der Waals surface area contributed by atoms with Crippen LogP contribution in [0.3, 0.4) is 0 Å². The molecule has 1 aromatic rings. The van der Waals surface area contributed by atoms with Gasteiger partial charge in [-0.2, -0.15) is 0 Å². The summed E-state index contributed by atoms with van der Waals surface area (Å²) < 4.78 is 10.8. The molecule has 0 saturated carbocycles. The Morgan fingerprint density at radius 1 is 1.19 bits per heavy atom. The van der Waals surface area contributed by atoms with E-state index in [4.69, 9.17) is 14.5 Å². The molecule has 0 atom stereocenters. The van der Waals surface area contributed by atoms with Crippen molar-refractivity contribution in [3.8, 4) is 5.75 Å². The highest BCUT2D eigenvalue weighted by atomic mass is 16.5. The Bertz CT molecular complexity index is 545. The summed E-state index contributed by atoms with van der Waals surface area (Å²) in [5, 5.41) is 16.1. The summed E-state index contributed by atoms with van der Waals surface area (Å²) >= 11 is 0. The minimum Gasteiger partial charge on any atom is -0.493 e. The van der Waals surface area contributed by atoms with Crippen molar-refractivity contribution in [3.63, 3.8) is 0 Å². The molecule has 0 saturated heterocycles. The molecule has 0 aromatic heterocycles. The fourth-order valence-electron chi connectivity index (χ4n) is 2.89. The van der Waals surface area contributed by atoms with Crippen LogP contribution in [0.5, 0.6) is 5.75 Å². The van der Waals surface area contributed by atoms with Gasteiger partial charge in [0.05, 0.1) is 6.61 Å². The molecule has 6 heteroatoms. The molecule has 0 radical (unpaired) electrons. The van der Waals surface area contributed by atoms with Gasteiger partial charge < -0.3 is 25.2 Å². The second kappa shape index (κ2) is 13.4. The third kappa shape index (κ3) is 8.63. The predicted molar refractivity (Wildman–Crippen MR) is 113 cm³/mol. The van der Waals surface area contributed by atoms with E-state index in [0.717, 1.165) is 49.6 Å². The van der Waals surface area contributed by atoms with Crippen molar-refractivity contribution in [2.75, 3.05) is 45.3 Å². The Kier molecular flexibility index (Phi) is 11.5. The predicted octanol–water partition coefficient (Wildman–Crippen LogP) is 3.67. The Hall–Kier alpha value is -1.79. The SMILES string of the molecule is CCNC(=NCC(CC)(CC)CCO)Nc1cccc(OCCCOC)c1. The zero-order valence-corrected chi connectivity index (χ0v) is 17.4. The van der Waals surface area contributed by atoms with Crippen LogP contribution >= 0.6 is 0 Å². The number of nitrogens with one attached hydrogen (secondary N) is 2. The van der Waals surface area contributed by atoms with Crippen molar-refractivity contribution >= 4 is 11.6 Å². The van der Waals surface area contributed by atoms with Crippen LogP contribution in [0.15, 0.2) is 29.3 Å². The molecule has 0 bridgehead atoms. The van der Waals surface area contributed by atoms with Crippen LogP contribution in [0.1, 0.15) is 46.5 Å². The lowest BCUT2D eigenvalue weighted by molar-refractivity contribution is 0.172. The molecule has 0 aliphatic carbocycles. The Morgan fingerprint density at radius 3 is 2.59 bits per heavy atom. The van der Waals surface area contributed by atoms with Crippen LogP contribution in [0, 0.1) is 5.41 Å². The number of aliphatic hydroxyl groups is 1. The lowest BCUT2D eigenvalue weighted by atomic mass is 9.79. The maximum absolute atomic E-state index is 9.40. The fourth-order valence-corrected chi connectivity index (χ4v) is 2.89. The van der Waals surface area contributed by atoms with Crippen LogP contribution in [0.4, 0.5) is 5.69 Å². The van der Waals surface area contributed by atoms with Gasteiger partial charge in [-0.15, -0.1) is 0 Å². The van der Waals surface area contributed by atoms with Crippen molar-refractivity contribution in [1.82, 2.24) is 5.32 Å². The molecule has 0 heterocycles. The normalized spacial score (nSPS) is 12.1. The number of aliphatic hydroxyl groups excluding tert-OH is 1. The number of nitrogens with zero attached hydrogens (tertiary/aromatic N) is 1. The van der Waals surface area contributed by atoms with Crippen molar-refractivity contribution in [3.05, 3.63) is 24.3 Å². The van der Waals surface area contributed by atoms with Gasteiger partial charge in [0.15, 0.2) is 5.96 Å². The summed E-state index contributed by atoms with van der Waals surface area (Å²) in [4.78, 5) is 4.78. The number of guanidine groups is 1. The molecule has 154 valence electrons. The van der Waals surface area contributed by atoms with E-state index in [2.05, 4.69) is 24.5 Å². The van der Waals surface area contributed by atoms with Gasteiger partial charge in [0, 0.05) is 51.6 Å². The Labute approximate surface area is 164 Å². The van der Waals surface area contributed by atoms with Gasteiger partial charge in [-0.1, -0.05) is 19.9 Å². The molecule has 3 N–H and O–H groups in total. The first-order valence-corrected chi connectivity index (χ1v) is 10.0. The highest BCUT2D eigenvalue weighted by Gasteiger charge is 2.25. The molecule has 0 unspecified atom stereocenters. The summed E-state index contributed by atoms with van der Waals surface area (Å²) in [5.74, 6) is 1.57. The molecule has 0 spiro atoms. The maximum atomic E-state index is 9.40. The minimum atomic E-state index is 0.0450. The van der Waals surface area contributed by atoms with E-state index >= 15 is 0 Å². The molecule has 0 aliphatic rings. The highest BCUT2D eigenvalue weighted by molar-refractivity contribution is 5.93. The summed E-state index contributed by atoms with van der Waals surface area (Å²) in [6.45, 7) is 9.37. The number of methoxy groups -OCH3 is 1. The molecule has 0 fully saturated rings. The molecule has 0 amide bonds. The first-order valence-electron chi connectivity index (χ1n) is 10.0. The van der Waals surface area contributed by atoms with E-state index in [-0.39, 0.29) is 12.0 Å². The number of ether oxygens (including phenoxy) is 2. The quantitative estimate of drug-likeness (QED) is 0.277. The molecular weight excluding hydrogens is 342 g/mol. The smallest absolute Gasteiger partial charge is 0.195 e. The average Bonchev–Trinajstić information content (AvgIpc) is 2.69. The zero-order valence-electron chi connectivity index (χ0n) is 17.4. The van der Waals surface area contributed by atoms with E-state index < -0.39 is 0 Å². The van der Waals surface area contributed by atoms with Crippen LogP contribution in [-0.4, -0.2) is 51.1 Å². The van der Waals surface area contributed by atoms with E-state index in [1.54, 1.807) is 7.11 Å². The number of hydrogen-bond acceptors (Lipinski definition) is 4. The summed E-state index contributed by atoms with van der Waals surface area (Å²) in [7, 11) is 1.69. The molecule has 6 nitrogen and oxygen atoms in total. The molecule has 0 aliphatic heterocycles. The van der Waals surface area contributed by atoms with Gasteiger partial charge >= 0.3 is 0 Å². The second-order valence-corrected chi connectivity index (χ2v) is 6.72. The standard InChI is InChI=1S/C21H37N3O3/c1-5-21(6-2,12-13-25)17-23-20(22-7-3)24-18-10-8-11-19(16-18)27-15-9-14-26-4/h8,10-11,16,25H,5-7,9,12-15,17H2,1-4H3,(H2,22,23,24). The molecular formula is C21H37N3O3. The average molecular weight is 380 g/mol. The Morgan fingerprint density at radius 2 is 1.96 bits per heavy atom. The van der Waals surface area contributed by atoms with Gasteiger partial charge in [0.2, 0.25) is 0 Å². The van der Waals surface area contributed by atoms with E-state index in [1.165, 1.54) is 0 Å². The van der Waals surface area contributed by atoms with Gasteiger partial charge in [-0.3, -0.25) is 4.99 Å². The number of rotatable bonds is 13. The van der Waals surface area contributed by atoms with Crippen molar-refractivity contribution < 1.29 is 14.6 Å². The van der Waals surface area contributed by atoms with Crippen LogP contribution in [-0.2, 0) is 4.74 Å². The topological polar surface area (TPSA) is 75.1 Å². The monoisotopic (exact) mass is 379 g/mol. The van der Waals surface area contributed by atoms with E-state index in [1.807, 2.05) is 31.2 Å². The van der Waals surface area contributed by atoms with Gasteiger partial charge in [0.1, 0.15) is 5.75 Å². The summed E-state index contributed by atoms with van der Waals surface area (Å²) in [6, 6.07) is 7.88. The van der Waals surface area contributed by atoms with Gasteiger partial charge in [-0.25, -0.2) is 0 Å². The molecule has 1 rings (SSSR count). The zero-order chi connectivity index (χ0) is 20.0. The maximum Gasteiger partial charge on any atom is 0.195 e. The van der Waals surface area contributed by atoms with Crippen LogP contribution in [0.2, 0.25) is 0 Å². The van der Waals surface area contributed by atoms with Crippen LogP contribution < -0.4 is 15.4 Å². The third-order valence-electron chi connectivity index (χ3n) is 4.92.